The van der Waals surface area contributed by atoms with E-state index in [0.717, 1.165) is 49.7 Å². The number of hydrogen-bond acceptors (Lipinski definition) is 2. The first-order chi connectivity index (χ1) is 10.9. The number of benzene rings is 1. The molecule has 2 heteroatoms. The molecule has 0 aromatic heterocycles. The van der Waals surface area contributed by atoms with Gasteiger partial charge in [-0.15, -0.1) is 0 Å². The van der Waals surface area contributed by atoms with Crippen LogP contribution in [0, 0.1) is 0 Å². The second-order valence-corrected chi connectivity index (χ2v) is 6.59. The lowest BCUT2D eigenvalue weighted by atomic mass is 9.88. The molecule has 1 aromatic rings. The molecule has 0 saturated carbocycles. The second-order valence-electron chi connectivity index (χ2n) is 6.59. The van der Waals surface area contributed by atoms with Crippen molar-refractivity contribution in [3.8, 4) is 11.5 Å². The molecule has 0 saturated heterocycles. The SMILES string of the molecule is C=C(C)[C@@H](/C=C(/C)CCC)c1c(O)cc(CCCCC)cc1O. The first-order valence-corrected chi connectivity index (χ1v) is 8.78. The summed E-state index contributed by atoms with van der Waals surface area (Å²) in [6.45, 7) is 12.4. The number of rotatable bonds is 9. The summed E-state index contributed by atoms with van der Waals surface area (Å²) in [6.07, 6.45) is 8.50. The molecule has 0 unspecified atom stereocenters. The van der Waals surface area contributed by atoms with Gasteiger partial charge in [-0.2, -0.15) is 0 Å². The number of unbranched alkanes of at least 4 members (excludes halogenated alkanes) is 2. The Kier molecular flexibility index (Phi) is 7.94. The first-order valence-electron chi connectivity index (χ1n) is 8.78. The van der Waals surface area contributed by atoms with E-state index in [-0.39, 0.29) is 17.4 Å². The van der Waals surface area contributed by atoms with Crippen LogP contribution >= 0.6 is 0 Å². The minimum Gasteiger partial charge on any atom is -0.507 e. The lowest BCUT2D eigenvalue weighted by molar-refractivity contribution is 0.435. The van der Waals surface area contributed by atoms with Crippen molar-refractivity contribution in [2.75, 3.05) is 0 Å². The van der Waals surface area contributed by atoms with Crippen LogP contribution in [-0.2, 0) is 6.42 Å². The smallest absolute Gasteiger partial charge is 0.123 e. The molecule has 0 heterocycles. The lowest BCUT2D eigenvalue weighted by Crippen LogP contribution is -2.00. The number of allylic oxidation sites excluding steroid dienone is 3. The fraction of sp³-hybridized carbons (Fsp3) is 0.524. The Morgan fingerprint density at radius 3 is 2.17 bits per heavy atom. The van der Waals surface area contributed by atoms with Crippen LogP contribution in [0.4, 0.5) is 0 Å². The number of hydrogen-bond donors (Lipinski definition) is 2. The Morgan fingerprint density at radius 1 is 1.09 bits per heavy atom. The van der Waals surface area contributed by atoms with E-state index in [1.54, 1.807) is 12.1 Å². The van der Waals surface area contributed by atoms with E-state index in [1.165, 1.54) is 5.57 Å². The molecule has 0 aliphatic rings. The third-order valence-electron chi connectivity index (χ3n) is 4.20. The van der Waals surface area contributed by atoms with Crippen molar-refractivity contribution < 1.29 is 10.2 Å². The maximum absolute atomic E-state index is 10.5. The van der Waals surface area contributed by atoms with E-state index in [4.69, 9.17) is 0 Å². The lowest BCUT2D eigenvalue weighted by Gasteiger charge is -2.19. The van der Waals surface area contributed by atoms with Crippen molar-refractivity contribution in [1.82, 2.24) is 0 Å². The molecule has 1 atom stereocenters. The molecule has 0 aliphatic carbocycles. The number of phenolic OH excluding ortho intramolecular Hbond substituents is 2. The van der Waals surface area contributed by atoms with E-state index >= 15 is 0 Å². The van der Waals surface area contributed by atoms with Crippen LogP contribution in [0.1, 0.15) is 76.8 Å². The molecule has 2 N–H and O–H groups in total. The van der Waals surface area contributed by atoms with E-state index < -0.39 is 0 Å². The van der Waals surface area contributed by atoms with Gasteiger partial charge in [-0.25, -0.2) is 0 Å². The highest BCUT2D eigenvalue weighted by atomic mass is 16.3. The van der Waals surface area contributed by atoms with Gasteiger partial charge in [0.1, 0.15) is 11.5 Å². The summed E-state index contributed by atoms with van der Waals surface area (Å²) in [4.78, 5) is 0. The van der Waals surface area contributed by atoms with E-state index in [2.05, 4.69) is 33.4 Å². The average molecular weight is 316 g/mol. The monoisotopic (exact) mass is 316 g/mol. The van der Waals surface area contributed by atoms with E-state index in [1.807, 2.05) is 6.92 Å². The zero-order valence-electron chi connectivity index (χ0n) is 15.2. The Hall–Kier alpha value is -1.70. The minimum absolute atomic E-state index is 0.147. The van der Waals surface area contributed by atoms with Crippen molar-refractivity contribution in [2.24, 2.45) is 0 Å². The van der Waals surface area contributed by atoms with E-state index in [0.29, 0.717) is 5.56 Å². The van der Waals surface area contributed by atoms with Crippen LogP contribution in [0.25, 0.3) is 0 Å². The van der Waals surface area contributed by atoms with Crippen LogP contribution in [0.5, 0.6) is 11.5 Å². The predicted molar refractivity (Wildman–Crippen MR) is 99.2 cm³/mol. The van der Waals surface area contributed by atoms with Gasteiger partial charge < -0.3 is 10.2 Å². The summed E-state index contributed by atoms with van der Waals surface area (Å²) in [5.74, 6) is 0.196. The molecule has 0 spiro atoms. The zero-order valence-corrected chi connectivity index (χ0v) is 15.2. The third kappa shape index (κ3) is 5.78. The molecule has 2 nitrogen and oxygen atoms in total. The van der Waals surface area contributed by atoms with Gasteiger partial charge in [-0.05, 0) is 50.8 Å². The molecule has 0 bridgehead atoms. The topological polar surface area (TPSA) is 40.5 Å². The van der Waals surface area contributed by atoms with Gasteiger partial charge in [0.25, 0.3) is 0 Å². The Labute approximate surface area is 141 Å². The largest absolute Gasteiger partial charge is 0.507 e. The van der Waals surface area contributed by atoms with Crippen LogP contribution in [-0.4, -0.2) is 10.2 Å². The Morgan fingerprint density at radius 2 is 1.70 bits per heavy atom. The highest BCUT2D eigenvalue weighted by Gasteiger charge is 2.19. The third-order valence-corrected chi connectivity index (χ3v) is 4.20. The van der Waals surface area contributed by atoms with Gasteiger partial charge in [0.2, 0.25) is 0 Å². The van der Waals surface area contributed by atoms with Gasteiger partial charge >= 0.3 is 0 Å². The van der Waals surface area contributed by atoms with Gasteiger partial charge in [0.15, 0.2) is 0 Å². The van der Waals surface area contributed by atoms with Gasteiger partial charge in [-0.3, -0.25) is 0 Å². The molecule has 0 fully saturated rings. The normalized spacial score (nSPS) is 13.1. The van der Waals surface area contributed by atoms with E-state index in [9.17, 15) is 10.2 Å². The molecule has 0 amide bonds. The summed E-state index contributed by atoms with van der Waals surface area (Å²) < 4.78 is 0. The van der Waals surface area contributed by atoms with Crippen LogP contribution in [0.3, 0.4) is 0 Å². The first kappa shape index (κ1) is 19.3. The van der Waals surface area contributed by atoms with Crippen LogP contribution < -0.4 is 0 Å². The summed E-state index contributed by atoms with van der Waals surface area (Å²) >= 11 is 0. The fourth-order valence-electron chi connectivity index (χ4n) is 2.96. The fourth-order valence-corrected chi connectivity index (χ4v) is 2.96. The average Bonchev–Trinajstić information content (AvgIpc) is 2.46. The molecule has 0 aliphatic heterocycles. The predicted octanol–water partition coefficient (Wildman–Crippen LogP) is 6.24. The summed E-state index contributed by atoms with van der Waals surface area (Å²) in [5, 5.41) is 20.9. The highest BCUT2D eigenvalue weighted by Crippen LogP contribution is 2.40. The van der Waals surface area contributed by atoms with Crippen LogP contribution in [0.15, 0.2) is 35.9 Å². The summed E-state index contributed by atoms with van der Waals surface area (Å²) in [5.41, 5.74) is 3.75. The molecular weight excluding hydrogens is 284 g/mol. The number of phenols is 2. The molecule has 23 heavy (non-hydrogen) atoms. The summed E-state index contributed by atoms with van der Waals surface area (Å²) in [7, 11) is 0. The van der Waals surface area contributed by atoms with Gasteiger partial charge in [-0.1, -0.05) is 56.9 Å². The van der Waals surface area contributed by atoms with Gasteiger partial charge in [0.05, 0.1) is 0 Å². The number of aryl methyl sites for hydroxylation is 1. The standard InChI is InChI=1S/C21H32O2/c1-6-8-9-11-17-13-19(22)21(20(23)14-17)18(15(3)4)12-16(5)10-7-2/h12-14,18,22-23H,3,6-11H2,1-2,4-5H3/b16-12-/t18-/m1/s1. The van der Waals surface area contributed by atoms with Crippen molar-refractivity contribution in [2.45, 2.75) is 72.1 Å². The molecule has 1 aromatic carbocycles. The quantitative estimate of drug-likeness (QED) is 0.418. The molecular formula is C21H32O2. The highest BCUT2D eigenvalue weighted by molar-refractivity contribution is 5.53. The second kappa shape index (κ2) is 9.44. The Bertz CT molecular complexity index is 532. The summed E-state index contributed by atoms with van der Waals surface area (Å²) in [6, 6.07) is 3.59. The van der Waals surface area contributed by atoms with Gasteiger partial charge in [0, 0.05) is 11.5 Å². The van der Waals surface area contributed by atoms with Crippen molar-refractivity contribution in [3.05, 3.63) is 47.1 Å². The number of aromatic hydroxyl groups is 2. The zero-order chi connectivity index (χ0) is 17.4. The molecule has 0 radical (unpaired) electrons. The maximum atomic E-state index is 10.5. The van der Waals surface area contributed by atoms with Crippen LogP contribution in [0.2, 0.25) is 0 Å². The van der Waals surface area contributed by atoms with Crippen molar-refractivity contribution >= 4 is 0 Å². The van der Waals surface area contributed by atoms with Crippen molar-refractivity contribution in [1.29, 1.82) is 0 Å². The molecule has 128 valence electrons. The maximum Gasteiger partial charge on any atom is 0.123 e. The minimum atomic E-state index is -0.147. The molecule has 1 rings (SSSR count). The van der Waals surface area contributed by atoms with Crippen molar-refractivity contribution in [3.63, 3.8) is 0 Å². The Balaban J connectivity index is 3.13.